The number of ether oxygens (including phenoxy) is 1. The molecule has 3 aliphatic rings. The fourth-order valence-corrected chi connectivity index (χ4v) is 7.16. The second kappa shape index (κ2) is 8.19. The lowest BCUT2D eigenvalue weighted by atomic mass is 9.67. The number of carbonyl (C=O) groups is 2. The fraction of sp³-hybridized carbons (Fsp3) is 0.393. The Balaban J connectivity index is 1.22. The van der Waals surface area contributed by atoms with Crippen molar-refractivity contribution in [3.05, 3.63) is 64.0 Å². The maximum absolute atomic E-state index is 11.4. The number of carbonyl (C=O) groups excluding carboxylic acids is 1. The van der Waals surface area contributed by atoms with Gasteiger partial charge in [0, 0.05) is 30.0 Å². The number of aromatic nitrogens is 1. The number of rotatable bonds is 8. The third kappa shape index (κ3) is 3.56. The van der Waals surface area contributed by atoms with E-state index in [1.54, 1.807) is 23.5 Å². The molecular formula is C28H28N2O4S. The molecule has 3 fully saturated rings. The van der Waals surface area contributed by atoms with E-state index in [0.29, 0.717) is 29.4 Å². The molecule has 1 aromatic heterocycles. The van der Waals surface area contributed by atoms with Crippen molar-refractivity contribution >= 4 is 28.7 Å². The number of thiazole rings is 1. The number of carboxylic acids is 1. The molecule has 35 heavy (non-hydrogen) atoms. The Morgan fingerprint density at radius 1 is 1.26 bits per heavy atom. The first-order chi connectivity index (χ1) is 16.9. The molecule has 3 aromatic rings. The minimum Gasteiger partial charge on any atom is -0.488 e. The Kier molecular flexibility index (Phi) is 5.22. The zero-order valence-corrected chi connectivity index (χ0v) is 20.7. The average molecular weight is 489 g/mol. The van der Waals surface area contributed by atoms with Crippen LogP contribution in [0.5, 0.6) is 5.75 Å². The Labute approximate surface area is 208 Å². The van der Waals surface area contributed by atoms with Gasteiger partial charge >= 0.3 is 5.97 Å². The number of hydrogen-bond donors (Lipinski definition) is 1. The number of benzene rings is 2. The van der Waals surface area contributed by atoms with Gasteiger partial charge < -0.3 is 19.5 Å². The summed E-state index contributed by atoms with van der Waals surface area (Å²) < 4.78 is 6.27. The molecule has 0 radical (unpaired) electrons. The van der Waals surface area contributed by atoms with E-state index in [4.69, 9.17) is 9.72 Å². The second-order valence-electron chi connectivity index (χ2n) is 10.2. The van der Waals surface area contributed by atoms with E-state index >= 15 is 0 Å². The van der Waals surface area contributed by atoms with Crippen LogP contribution in [0.3, 0.4) is 0 Å². The summed E-state index contributed by atoms with van der Waals surface area (Å²) in [5, 5.41) is 12.4. The minimum absolute atomic E-state index is 0.244. The zero-order chi connectivity index (χ0) is 24.3. The van der Waals surface area contributed by atoms with Crippen molar-refractivity contribution < 1.29 is 19.4 Å². The average Bonchev–Trinajstić information content (AvgIpc) is 3.13. The third-order valence-corrected chi connectivity index (χ3v) is 9.20. The first-order valence-electron chi connectivity index (χ1n) is 12.2. The Hall–Kier alpha value is -3.19. The van der Waals surface area contributed by atoms with Crippen LogP contribution in [0.2, 0.25) is 0 Å². The van der Waals surface area contributed by atoms with Gasteiger partial charge in [0.15, 0.2) is 5.13 Å². The normalized spacial score (nSPS) is 26.0. The van der Waals surface area contributed by atoms with Crippen molar-refractivity contribution in [3.8, 4) is 17.0 Å². The summed E-state index contributed by atoms with van der Waals surface area (Å²) in [6.07, 6.45) is 3.10. The largest absolute Gasteiger partial charge is 0.488 e. The molecule has 0 bridgehead atoms. The van der Waals surface area contributed by atoms with E-state index in [-0.39, 0.29) is 5.92 Å². The van der Waals surface area contributed by atoms with Crippen LogP contribution in [0, 0.1) is 30.1 Å². The Morgan fingerprint density at radius 3 is 2.89 bits per heavy atom. The molecule has 4 atom stereocenters. The van der Waals surface area contributed by atoms with Crippen LogP contribution in [-0.4, -0.2) is 35.4 Å². The number of carboxylic acid groups (broad SMARTS) is 1. The molecule has 6 nitrogen and oxygen atoms in total. The van der Waals surface area contributed by atoms with Crippen molar-refractivity contribution in [3.63, 3.8) is 0 Å². The highest BCUT2D eigenvalue weighted by atomic mass is 32.1. The van der Waals surface area contributed by atoms with Gasteiger partial charge in [0.1, 0.15) is 18.6 Å². The van der Waals surface area contributed by atoms with E-state index in [1.165, 1.54) is 12.7 Å². The van der Waals surface area contributed by atoms with Crippen LogP contribution in [0.25, 0.3) is 11.3 Å². The summed E-state index contributed by atoms with van der Waals surface area (Å²) in [5.41, 5.74) is 5.63. The lowest BCUT2D eigenvalue weighted by molar-refractivity contribution is -0.117. The van der Waals surface area contributed by atoms with Crippen LogP contribution in [0.15, 0.2) is 41.8 Å². The maximum Gasteiger partial charge on any atom is 0.335 e. The van der Waals surface area contributed by atoms with Gasteiger partial charge in [0.2, 0.25) is 0 Å². The maximum atomic E-state index is 11.4. The van der Waals surface area contributed by atoms with Gasteiger partial charge in [-0.15, -0.1) is 11.3 Å². The third-order valence-electron chi connectivity index (χ3n) is 8.30. The number of hydrogen-bond acceptors (Lipinski definition) is 6. The minimum atomic E-state index is -0.920. The smallest absolute Gasteiger partial charge is 0.335 e. The van der Waals surface area contributed by atoms with E-state index in [0.717, 1.165) is 58.3 Å². The second-order valence-corrected chi connectivity index (χ2v) is 11.0. The quantitative estimate of drug-likeness (QED) is 0.438. The summed E-state index contributed by atoms with van der Waals surface area (Å²) in [6, 6.07) is 11.3. The SMILES string of the molecule is CCc1cc(C(=O)O)ccc1COc1ccc(C)cc1-c1csc(N2CC3C(C=O)C4CC34C2)n1. The van der Waals surface area contributed by atoms with Crippen molar-refractivity contribution in [1.82, 2.24) is 4.98 Å². The molecule has 1 N–H and O–H groups in total. The summed E-state index contributed by atoms with van der Waals surface area (Å²) in [7, 11) is 0. The van der Waals surface area contributed by atoms with Gasteiger partial charge in [0.05, 0.1) is 11.3 Å². The number of aldehydes is 1. The molecule has 2 heterocycles. The lowest BCUT2D eigenvalue weighted by Crippen LogP contribution is -2.38. The van der Waals surface area contributed by atoms with Gasteiger partial charge in [0.25, 0.3) is 0 Å². The number of aryl methyl sites for hydroxylation is 2. The predicted molar refractivity (Wildman–Crippen MR) is 135 cm³/mol. The molecule has 180 valence electrons. The standard InChI is InChI=1S/C28H28N2O4S/c1-3-17-9-18(26(32)33)5-6-19(17)13-34-25-7-4-16(2)8-20(25)24-14-35-27(29-24)30-11-23-21(12-31)22-10-28(22,23)15-30/h4-9,12,14,21-23H,3,10-11,13,15H2,1-2H3,(H,32,33). The van der Waals surface area contributed by atoms with Crippen molar-refractivity contribution in [1.29, 1.82) is 0 Å². The van der Waals surface area contributed by atoms with Crippen LogP contribution < -0.4 is 9.64 Å². The van der Waals surface area contributed by atoms with E-state index < -0.39 is 5.97 Å². The Morgan fingerprint density at radius 2 is 2.11 bits per heavy atom. The first kappa shape index (κ1) is 22.3. The lowest BCUT2D eigenvalue weighted by Gasteiger charge is -2.34. The van der Waals surface area contributed by atoms with Gasteiger partial charge in [-0.2, -0.15) is 0 Å². The van der Waals surface area contributed by atoms with Gasteiger partial charge in [-0.05, 0) is 72.4 Å². The summed E-state index contributed by atoms with van der Waals surface area (Å²) in [6.45, 7) is 6.38. The highest BCUT2D eigenvalue weighted by Crippen LogP contribution is 2.76. The van der Waals surface area contributed by atoms with E-state index in [1.807, 2.05) is 25.1 Å². The number of aromatic carboxylic acids is 1. The topological polar surface area (TPSA) is 79.7 Å². The van der Waals surface area contributed by atoms with E-state index in [9.17, 15) is 14.7 Å². The van der Waals surface area contributed by atoms with Crippen molar-refractivity contribution in [2.24, 2.45) is 23.2 Å². The molecule has 7 heteroatoms. The highest BCUT2D eigenvalue weighted by molar-refractivity contribution is 7.14. The van der Waals surface area contributed by atoms with Gasteiger partial charge in [-0.25, -0.2) is 9.78 Å². The molecule has 0 amide bonds. The molecule has 1 spiro atoms. The Bertz CT molecular complexity index is 1330. The van der Waals surface area contributed by atoms with E-state index in [2.05, 4.69) is 23.3 Å². The molecular weight excluding hydrogens is 460 g/mol. The molecule has 2 aliphatic carbocycles. The summed E-state index contributed by atoms with van der Waals surface area (Å²) in [5.74, 6) is 1.19. The first-order valence-corrected chi connectivity index (χ1v) is 13.1. The van der Waals surface area contributed by atoms with Gasteiger partial charge in [-0.3, -0.25) is 0 Å². The van der Waals surface area contributed by atoms with Crippen LogP contribution in [0.4, 0.5) is 5.13 Å². The summed E-state index contributed by atoms with van der Waals surface area (Å²) >= 11 is 1.65. The molecule has 1 saturated heterocycles. The highest BCUT2D eigenvalue weighted by Gasteiger charge is 2.76. The molecule has 2 saturated carbocycles. The van der Waals surface area contributed by atoms with Gasteiger partial charge in [-0.1, -0.05) is 24.6 Å². The van der Waals surface area contributed by atoms with Crippen LogP contribution in [0.1, 0.15) is 40.4 Å². The van der Waals surface area contributed by atoms with Crippen LogP contribution in [-0.2, 0) is 17.8 Å². The monoisotopic (exact) mass is 488 g/mol. The molecule has 1 aliphatic heterocycles. The van der Waals surface area contributed by atoms with Crippen molar-refractivity contribution in [2.75, 3.05) is 18.0 Å². The fourth-order valence-electron chi connectivity index (χ4n) is 6.32. The molecule has 6 rings (SSSR count). The van der Waals surface area contributed by atoms with Crippen molar-refractivity contribution in [2.45, 2.75) is 33.3 Å². The zero-order valence-electron chi connectivity index (χ0n) is 19.9. The molecule has 2 aromatic carbocycles. The number of nitrogens with zero attached hydrogens (tertiary/aromatic N) is 2. The summed E-state index contributed by atoms with van der Waals surface area (Å²) in [4.78, 5) is 30.1. The number of anilines is 1. The predicted octanol–water partition coefficient (Wildman–Crippen LogP) is 5.23. The molecule has 4 unspecified atom stereocenters. The van der Waals surface area contributed by atoms with Crippen LogP contribution >= 0.6 is 11.3 Å².